The Hall–Kier alpha value is -3.74. The van der Waals surface area contributed by atoms with Crippen LogP contribution in [0.5, 0.6) is 23.0 Å². The molecular formula is C22H21NO6. The quantitative estimate of drug-likeness (QED) is 0.415. The third-order valence-corrected chi connectivity index (χ3v) is 4.61. The van der Waals surface area contributed by atoms with E-state index in [4.69, 9.17) is 18.9 Å². The van der Waals surface area contributed by atoms with Gasteiger partial charge in [0.15, 0.2) is 11.5 Å². The molecule has 3 aromatic carbocycles. The second kappa shape index (κ2) is 8.52. The summed E-state index contributed by atoms with van der Waals surface area (Å²) < 4.78 is 21.5. The van der Waals surface area contributed by atoms with Crippen molar-refractivity contribution < 1.29 is 23.9 Å². The Morgan fingerprint density at radius 2 is 1.34 bits per heavy atom. The smallest absolute Gasteiger partial charge is 0.277 e. The molecule has 29 heavy (non-hydrogen) atoms. The molecule has 3 rings (SSSR count). The van der Waals surface area contributed by atoms with Gasteiger partial charge in [-0.2, -0.15) is 0 Å². The second-order valence-corrected chi connectivity index (χ2v) is 6.10. The van der Waals surface area contributed by atoms with E-state index in [1.54, 1.807) is 31.4 Å². The van der Waals surface area contributed by atoms with E-state index in [2.05, 4.69) is 0 Å². The fourth-order valence-corrected chi connectivity index (χ4v) is 3.19. The zero-order valence-electron chi connectivity index (χ0n) is 16.6. The van der Waals surface area contributed by atoms with Gasteiger partial charge in [0.05, 0.1) is 38.9 Å². The van der Waals surface area contributed by atoms with Crippen LogP contribution in [0.2, 0.25) is 0 Å². The summed E-state index contributed by atoms with van der Waals surface area (Å²) >= 11 is 0. The SMILES string of the molecule is COc1ccc(-c2ccc([N+](=O)[O-])c(-c3ccc(OC)c(OC)c3OC)c2)cc1. The van der Waals surface area contributed by atoms with Crippen LogP contribution in [0.1, 0.15) is 0 Å². The fraction of sp³-hybridized carbons (Fsp3) is 0.182. The summed E-state index contributed by atoms with van der Waals surface area (Å²) in [5.74, 6) is 1.94. The van der Waals surface area contributed by atoms with Gasteiger partial charge < -0.3 is 18.9 Å². The Morgan fingerprint density at radius 3 is 1.90 bits per heavy atom. The molecule has 0 radical (unpaired) electrons. The molecule has 7 heteroatoms. The summed E-state index contributed by atoms with van der Waals surface area (Å²) in [6, 6.07) is 15.9. The van der Waals surface area contributed by atoms with Gasteiger partial charge in [0.1, 0.15) is 5.75 Å². The Morgan fingerprint density at radius 1 is 0.690 bits per heavy atom. The molecule has 0 aliphatic heterocycles. The van der Waals surface area contributed by atoms with Gasteiger partial charge in [-0.3, -0.25) is 10.1 Å². The van der Waals surface area contributed by atoms with E-state index in [0.29, 0.717) is 28.4 Å². The maximum atomic E-state index is 11.7. The van der Waals surface area contributed by atoms with E-state index in [9.17, 15) is 10.1 Å². The number of benzene rings is 3. The average Bonchev–Trinajstić information content (AvgIpc) is 2.77. The Kier molecular flexibility index (Phi) is 5.87. The average molecular weight is 395 g/mol. The van der Waals surface area contributed by atoms with Crippen LogP contribution < -0.4 is 18.9 Å². The maximum Gasteiger partial charge on any atom is 0.277 e. The van der Waals surface area contributed by atoms with Crippen LogP contribution in [-0.2, 0) is 0 Å². The first kappa shape index (κ1) is 20.0. The first-order valence-electron chi connectivity index (χ1n) is 8.76. The minimum atomic E-state index is -0.413. The second-order valence-electron chi connectivity index (χ2n) is 6.10. The minimum absolute atomic E-state index is 0.0345. The van der Waals surface area contributed by atoms with Crippen LogP contribution in [0, 0.1) is 10.1 Å². The van der Waals surface area contributed by atoms with Gasteiger partial charge in [0.25, 0.3) is 5.69 Å². The number of nitro benzene ring substituents is 1. The van der Waals surface area contributed by atoms with Crippen molar-refractivity contribution >= 4 is 5.69 Å². The molecule has 0 fully saturated rings. The number of hydrogen-bond acceptors (Lipinski definition) is 6. The van der Waals surface area contributed by atoms with Crippen molar-refractivity contribution in [3.05, 3.63) is 64.7 Å². The topological polar surface area (TPSA) is 80.1 Å². The predicted octanol–water partition coefficient (Wildman–Crippen LogP) is 4.96. The highest BCUT2D eigenvalue weighted by atomic mass is 16.6. The molecule has 0 aliphatic carbocycles. The number of hydrogen-bond donors (Lipinski definition) is 0. The lowest BCUT2D eigenvalue weighted by atomic mass is 9.96. The van der Waals surface area contributed by atoms with E-state index in [0.717, 1.165) is 16.9 Å². The highest BCUT2D eigenvalue weighted by Crippen LogP contribution is 2.47. The predicted molar refractivity (Wildman–Crippen MR) is 110 cm³/mol. The largest absolute Gasteiger partial charge is 0.497 e. The van der Waals surface area contributed by atoms with Crippen LogP contribution in [0.4, 0.5) is 5.69 Å². The van der Waals surface area contributed by atoms with Gasteiger partial charge in [-0.1, -0.05) is 12.1 Å². The zero-order valence-corrected chi connectivity index (χ0v) is 16.6. The Bertz CT molecular complexity index is 1030. The number of nitrogens with zero attached hydrogens (tertiary/aromatic N) is 1. The van der Waals surface area contributed by atoms with Gasteiger partial charge in [-0.05, 0) is 47.5 Å². The molecule has 150 valence electrons. The number of rotatable bonds is 7. The first-order chi connectivity index (χ1) is 14.0. The van der Waals surface area contributed by atoms with Gasteiger partial charge in [0, 0.05) is 11.6 Å². The monoisotopic (exact) mass is 395 g/mol. The molecule has 0 N–H and O–H groups in total. The highest BCUT2D eigenvalue weighted by Gasteiger charge is 2.23. The fourth-order valence-electron chi connectivity index (χ4n) is 3.19. The van der Waals surface area contributed by atoms with E-state index in [-0.39, 0.29) is 5.69 Å². The summed E-state index contributed by atoms with van der Waals surface area (Å²) in [5.41, 5.74) is 2.65. The van der Waals surface area contributed by atoms with Crippen LogP contribution >= 0.6 is 0 Å². The lowest BCUT2D eigenvalue weighted by molar-refractivity contribution is -0.384. The van der Waals surface area contributed by atoms with Gasteiger partial charge in [0.2, 0.25) is 5.75 Å². The van der Waals surface area contributed by atoms with Crippen molar-refractivity contribution in [2.24, 2.45) is 0 Å². The van der Waals surface area contributed by atoms with Crippen molar-refractivity contribution in [2.45, 2.75) is 0 Å². The summed E-state index contributed by atoms with van der Waals surface area (Å²) in [7, 11) is 6.10. The summed E-state index contributed by atoms with van der Waals surface area (Å²) in [6.07, 6.45) is 0. The summed E-state index contributed by atoms with van der Waals surface area (Å²) in [5, 5.41) is 11.7. The molecule has 0 amide bonds. The molecule has 0 aliphatic rings. The molecule has 0 aromatic heterocycles. The lowest BCUT2D eigenvalue weighted by Gasteiger charge is -2.16. The van der Waals surface area contributed by atoms with Gasteiger partial charge in [-0.15, -0.1) is 0 Å². The van der Waals surface area contributed by atoms with Crippen molar-refractivity contribution in [1.82, 2.24) is 0 Å². The van der Waals surface area contributed by atoms with Crippen LogP contribution in [0.3, 0.4) is 0 Å². The summed E-state index contributed by atoms with van der Waals surface area (Å²) in [6.45, 7) is 0. The zero-order chi connectivity index (χ0) is 21.0. The van der Waals surface area contributed by atoms with Crippen molar-refractivity contribution in [2.75, 3.05) is 28.4 Å². The van der Waals surface area contributed by atoms with E-state index < -0.39 is 4.92 Å². The molecule has 0 spiro atoms. The molecule has 3 aromatic rings. The number of nitro groups is 1. The molecule has 0 unspecified atom stereocenters. The third-order valence-electron chi connectivity index (χ3n) is 4.61. The van der Waals surface area contributed by atoms with E-state index in [1.807, 2.05) is 24.3 Å². The normalized spacial score (nSPS) is 10.3. The molecule has 0 heterocycles. The van der Waals surface area contributed by atoms with Gasteiger partial charge >= 0.3 is 0 Å². The standard InChI is InChI=1S/C22H21NO6/c1-26-16-8-5-14(6-9-16)15-7-11-19(23(24)25)18(13-15)17-10-12-20(27-2)22(29-4)21(17)28-3/h5-13H,1-4H3. The van der Waals surface area contributed by atoms with Crippen molar-refractivity contribution in [1.29, 1.82) is 0 Å². The van der Waals surface area contributed by atoms with Crippen LogP contribution in [-0.4, -0.2) is 33.4 Å². The Balaban J connectivity index is 2.23. The molecule has 0 saturated heterocycles. The first-order valence-corrected chi connectivity index (χ1v) is 8.76. The molecule has 7 nitrogen and oxygen atoms in total. The molecule has 0 bridgehead atoms. The van der Waals surface area contributed by atoms with Crippen LogP contribution in [0.25, 0.3) is 22.3 Å². The maximum absolute atomic E-state index is 11.7. The highest BCUT2D eigenvalue weighted by molar-refractivity contribution is 5.85. The summed E-state index contributed by atoms with van der Waals surface area (Å²) in [4.78, 5) is 11.3. The minimum Gasteiger partial charge on any atom is -0.497 e. The van der Waals surface area contributed by atoms with E-state index >= 15 is 0 Å². The third kappa shape index (κ3) is 3.80. The van der Waals surface area contributed by atoms with Crippen molar-refractivity contribution in [3.63, 3.8) is 0 Å². The Labute approximate surface area is 168 Å². The van der Waals surface area contributed by atoms with E-state index in [1.165, 1.54) is 27.4 Å². The molecular weight excluding hydrogens is 374 g/mol. The molecule has 0 saturated carbocycles. The lowest BCUT2D eigenvalue weighted by Crippen LogP contribution is -1.99. The number of methoxy groups -OCH3 is 4. The number of ether oxygens (including phenoxy) is 4. The van der Waals surface area contributed by atoms with Gasteiger partial charge in [-0.25, -0.2) is 0 Å². The molecule has 0 atom stereocenters. The van der Waals surface area contributed by atoms with Crippen molar-refractivity contribution in [3.8, 4) is 45.3 Å². The van der Waals surface area contributed by atoms with Crippen LogP contribution in [0.15, 0.2) is 54.6 Å².